The summed E-state index contributed by atoms with van der Waals surface area (Å²) in [6.07, 6.45) is 7.34. The number of primary amides is 1. The van der Waals surface area contributed by atoms with E-state index in [4.69, 9.17) is 5.73 Å². The third-order valence-electron chi connectivity index (χ3n) is 4.97. The highest BCUT2D eigenvalue weighted by molar-refractivity contribution is 5.76. The number of amides is 1. The van der Waals surface area contributed by atoms with E-state index >= 15 is 0 Å². The Bertz CT molecular complexity index is 457. The number of carbonyl (C=O) groups excluding carboxylic acids is 1. The number of nitrogens with one attached hydrogen (secondary N) is 1. The molecule has 2 fully saturated rings. The van der Waals surface area contributed by atoms with Crippen molar-refractivity contribution in [2.24, 2.45) is 11.1 Å². The number of rotatable bonds is 5. The van der Waals surface area contributed by atoms with Crippen molar-refractivity contribution in [3.8, 4) is 0 Å². The van der Waals surface area contributed by atoms with E-state index in [-0.39, 0.29) is 5.91 Å². The summed E-state index contributed by atoms with van der Waals surface area (Å²) in [4.78, 5) is 10.8. The van der Waals surface area contributed by atoms with E-state index < -0.39 is 0 Å². The summed E-state index contributed by atoms with van der Waals surface area (Å²) in [5.74, 6) is -0.271. The number of hydrogen-bond donors (Lipinski definition) is 2. The summed E-state index contributed by atoms with van der Waals surface area (Å²) in [6.45, 7) is 0.934. The SMILES string of the molecule is NC(=O)Cc1ccc(CNC2CCC23CCC3)cc1. The van der Waals surface area contributed by atoms with E-state index in [1.807, 2.05) is 12.1 Å². The van der Waals surface area contributed by atoms with Crippen LogP contribution >= 0.6 is 0 Å². The second kappa shape index (κ2) is 4.97. The van der Waals surface area contributed by atoms with Crippen LogP contribution in [-0.2, 0) is 17.8 Å². The normalized spacial score (nSPS) is 23.7. The van der Waals surface area contributed by atoms with Gasteiger partial charge >= 0.3 is 0 Å². The van der Waals surface area contributed by atoms with Crippen LogP contribution < -0.4 is 11.1 Å². The second-order valence-corrected chi connectivity index (χ2v) is 6.15. The number of benzene rings is 1. The first-order chi connectivity index (χ1) is 9.18. The molecule has 1 atom stereocenters. The quantitative estimate of drug-likeness (QED) is 0.850. The lowest BCUT2D eigenvalue weighted by atomic mass is 9.53. The molecular formula is C16H22N2O. The van der Waals surface area contributed by atoms with Gasteiger partial charge < -0.3 is 11.1 Å². The number of nitrogens with two attached hydrogens (primary N) is 1. The molecule has 0 radical (unpaired) electrons. The van der Waals surface area contributed by atoms with Crippen molar-refractivity contribution >= 4 is 5.91 Å². The molecule has 3 heteroatoms. The van der Waals surface area contributed by atoms with Gasteiger partial charge in [-0.15, -0.1) is 0 Å². The highest BCUT2D eigenvalue weighted by atomic mass is 16.1. The zero-order valence-corrected chi connectivity index (χ0v) is 11.3. The first kappa shape index (κ1) is 12.7. The average Bonchev–Trinajstić information content (AvgIpc) is 2.27. The van der Waals surface area contributed by atoms with Crippen LogP contribution in [0.1, 0.15) is 43.2 Å². The third kappa shape index (κ3) is 2.52. The Kier molecular flexibility index (Phi) is 3.31. The minimum atomic E-state index is -0.271. The first-order valence-electron chi connectivity index (χ1n) is 7.27. The molecule has 1 aromatic rings. The summed E-state index contributed by atoms with van der Waals surface area (Å²) < 4.78 is 0. The Labute approximate surface area is 114 Å². The van der Waals surface area contributed by atoms with Gasteiger partial charge in [0, 0.05) is 12.6 Å². The summed E-state index contributed by atoms with van der Waals surface area (Å²) in [5, 5.41) is 3.70. The van der Waals surface area contributed by atoms with Crippen molar-refractivity contribution in [3.05, 3.63) is 35.4 Å². The van der Waals surface area contributed by atoms with Gasteiger partial charge in [0.15, 0.2) is 0 Å². The maximum absolute atomic E-state index is 10.8. The molecule has 2 aliphatic rings. The molecule has 102 valence electrons. The van der Waals surface area contributed by atoms with E-state index in [9.17, 15) is 4.79 Å². The fraction of sp³-hybridized carbons (Fsp3) is 0.562. The van der Waals surface area contributed by atoms with Gasteiger partial charge in [-0.05, 0) is 42.2 Å². The van der Waals surface area contributed by atoms with Gasteiger partial charge in [-0.2, -0.15) is 0 Å². The Morgan fingerprint density at radius 2 is 1.89 bits per heavy atom. The average molecular weight is 258 g/mol. The van der Waals surface area contributed by atoms with Crippen LogP contribution in [0.3, 0.4) is 0 Å². The van der Waals surface area contributed by atoms with Crippen LogP contribution in [0.15, 0.2) is 24.3 Å². The standard InChI is InChI=1S/C16H22N2O/c17-15(19)10-12-2-4-13(5-3-12)11-18-14-6-9-16(14)7-1-8-16/h2-5,14,18H,1,6-11H2,(H2,17,19). The lowest BCUT2D eigenvalue weighted by Crippen LogP contribution is -2.56. The van der Waals surface area contributed by atoms with Crippen LogP contribution in [0.5, 0.6) is 0 Å². The Hall–Kier alpha value is -1.35. The van der Waals surface area contributed by atoms with Crippen molar-refractivity contribution < 1.29 is 4.79 Å². The van der Waals surface area contributed by atoms with Gasteiger partial charge in [0.05, 0.1) is 6.42 Å². The molecule has 2 aliphatic carbocycles. The second-order valence-electron chi connectivity index (χ2n) is 6.15. The fourth-order valence-corrected chi connectivity index (χ4v) is 3.46. The molecular weight excluding hydrogens is 236 g/mol. The fourth-order valence-electron chi connectivity index (χ4n) is 3.46. The molecule has 0 aliphatic heterocycles. The molecule has 0 bridgehead atoms. The topological polar surface area (TPSA) is 55.1 Å². The van der Waals surface area contributed by atoms with Crippen molar-refractivity contribution in [1.29, 1.82) is 0 Å². The monoisotopic (exact) mass is 258 g/mol. The van der Waals surface area contributed by atoms with Crippen LogP contribution in [0, 0.1) is 5.41 Å². The summed E-state index contributed by atoms with van der Waals surface area (Å²) in [6, 6.07) is 8.92. The van der Waals surface area contributed by atoms with Crippen LogP contribution in [0.4, 0.5) is 0 Å². The largest absolute Gasteiger partial charge is 0.369 e. The van der Waals surface area contributed by atoms with E-state index in [1.54, 1.807) is 0 Å². The summed E-state index contributed by atoms with van der Waals surface area (Å²) in [7, 11) is 0. The number of hydrogen-bond acceptors (Lipinski definition) is 2. The van der Waals surface area contributed by atoms with Gasteiger partial charge in [0.2, 0.25) is 5.91 Å². The lowest BCUT2D eigenvalue weighted by Gasteiger charge is -2.56. The zero-order chi connectivity index (χ0) is 13.3. The summed E-state index contributed by atoms with van der Waals surface area (Å²) in [5.41, 5.74) is 8.13. The molecule has 0 heterocycles. The van der Waals surface area contributed by atoms with Gasteiger partial charge in [-0.1, -0.05) is 30.7 Å². The van der Waals surface area contributed by atoms with Crippen LogP contribution in [0.2, 0.25) is 0 Å². The van der Waals surface area contributed by atoms with Gasteiger partial charge in [-0.3, -0.25) is 4.79 Å². The molecule has 19 heavy (non-hydrogen) atoms. The Balaban J connectivity index is 1.51. The van der Waals surface area contributed by atoms with E-state index in [0.29, 0.717) is 11.8 Å². The molecule has 2 saturated carbocycles. The number of carbonyl (C=O) groups is 1. The van der Waals surface area contributed by atoms with Gasteiger partial charge in [0.1, 0.15) is 0 Å². The molecule has 1 aromatic carbocycles. The van der Waals surface area contributed by atoms with Crippen molar-refractivity contribution in [2.45, 2.75) is 51.1 Å². The molecule has 1 unspecified atom stereocenters. The van der Waals surface area contributed by atoms with Crippen molar-refractivity contribution in [2.75, 3.05) is 0 Å². The molecule has 0 saturated heterocycles. The molecule has 3 rings (SSSR count). The van der Waals surface area contributed by atoms with E-state index in [1.165, 1.54) is 37.7 Å². The summed E-state index contributed by atoms with van der Waals surface area (Å²) >= 11 is 0. The first-order valence-corrected chi connectivity index (χ1v) is 7.27. The predicted octanol–water partition coefficient (Wildman–Crippen LogP) is 2.14. The van der Waals surface area contributed by atoms with Gasteiger partial charge in [-0.25, -0.2) is 0 Å². The van der Waals surface area contributed by atoms with E-state index in [2.05, 4.69) is 17.4 Å². The third-order valence-corrected chi connectivity index (χ3v) is 4.97. The van der Waals surface area contributed by atoms with Crippen LogP contribution in [-0.4, -0.2) is 11.9 Å². The highest BCUT2D eigenvalue weighted by Gasteiger charge is 2.50. The molecule has 3 N–H and O–H groups in total. The minimum absolute atomic E-state index is 0.271. The lowest BCUT2D eigenvalue weighted by molar-refractivity contribution is -0.117. The Morgan fingerprint density at radius 1 is 1.21 bits per heavy atom. The smallest absolute Gasteiger partial charge is 0.221 e. The van der Waals surface area contributed by atoms with E-state index in [0.717, 1.165) is 18.2 Å². The van der Waals surface area contributed by atoms with Gasteiger partial charge in [0.25, 0.3) is 0 Å². The molecule has 3 nitrogen and oxygen atoms in total. The Morgan fingerprint density at radius 3 is 2.37 bits per heavy atom. The van der Waals surface area contributed by atoms with Crippen molar-refractivity contribution in [1.82, 2.24) is 5.32 Å². The highest BCUT2D eigenvalue weighted by Crippen LogP contribution is 2.55. The van der Waals surface area contributed by atoms with Crippen molar-refractivity contribution in [3.63, 3.8) is 0 Å². The molecule has 1 spiro atoms. The maximum atomic E-state index is 10.8. The predicted molar refractivity (Wildman–Crippen MR) is 75.5 cm³/mol. The zero-order valence-electron chi connectivity index (χ0n) is 11.3. The maximum Gasteiger partial charge on any atom is 0.221 e. The minimum Gasteiger partial charge on any atom is -0.369 e. The van der Waals surface area contributed by atoms with Crippen LogP contribution in [0.25, 0.3) is 0 Å². The molecule has 0 aromatic heterocycles. The molecule has 1 amide bonds.